The van der Waals surface area contributed by atoms with Gasteiger partial charge in [-0.05, 0) is 61.2 Å². The molecular formula is C19H37NO. The number of hydrogen-bond acceptors (Lipinski definition) is 2. The van der Waals surface area contributed by atoms with Gasteiger partial charge >= 0.3 is 0 Å². The fourth-order valence-electron chi connectivity index (χ4n) is 5.71. The zero-order chi connectivity index (χ0) is 16.2. The number of rotatable bonds is 2. The van der Waals surface area contributed by atoms with E-state index in [1.54, 1.807) is 0 Å². The molecular weight excluding hydrogens is 258 g/mol. The predicted molar refractivity (Wildman–Crippen MR) is 90.1 cm³/mol. The zero-order valence-electron chi connectivity index (χ0n) is 15.2. The maximum Gasteiger partial charge on any atom is 0.0725 e. The second-order valence-corrected chi connectivity index (χ2v) is 10.5. The molecule has 0 unspecified atom stereocenters. The Balaban J connectivity index is 2.32. The van der Waals surface area contributed by atoms with Crippen molar-refractivity contribution in [2.75, 3.05) is 6.54 Å². The Morgan fingerprint density at radius 2 is 1.14 bits per heavy atom. The van der Waals surface area contributed by atoms with E-state index < -0.39 is 5.60 Å². The fourth-order valence-corrected chi connectivity index (χ4v) is 5.71. The molecule has 0 bridgehead atoms. The fraction of sp³-hybridized carbons (Fsp3) is 1.00. The average Bonchev–Trinajstić information content (AvgIpc) is 2.24. The molecule has 0 saturated heterocycles. The first kappa shape index (κ1) is 17.3. The van der Waals surface area contributed by atoms with Gasteiger partial charge in [-0.3, -0.25) is 0 Å². The van der Waals surface area contributed by atoms with E-state index >= 15 is 0 Å². The molecule has 2 heteroatoms. The van der Waals surface area contributed by atoms with Crippen LogP contribution in [0.4, 0.5) is 0 Å². The number of hydrogen-bond donors (Lipinski definition) is 2. The van der Waals surface area contributed by atoms with E-state index in [1.165, 1.54) is 19.3 Å². The molecule has 0 spiro atoms. The Labute approximate surface area is 131 Å². The van der Waals surface area contributed by atoms with Crippen LogP contribution < -0.4 is 5.73 Å². The highest BCUT2D eigenvalue weighted by atomic mass is 16.3. The molecule has 0 aromatic rings. The van der Waals surface area contributed by atoms with Gasteiger partial charge in [0.05, 0.1) is 5.60 Å². The molecule has 0 amide bonds. The van der Waals surface area contributed by atoms with Crippen molar-refractivity contribution in [1.82, 2.24) is 0 Å². The molecule has 2 aliphatic carbocycles. The minimum atomic E-state index is -0.594. The first-order valence-corrected chi connectivity index (χ1v) is 8.77. The van der Waals surface area contributed by atoms with Gasteiger partial charge in [-0.25, -0.2) is 0 Å². The summed E-state index contributed by atoms with van der Waals surface area (Å²) in [6.45, 7) is 14.6. The maximum absolute atomic E-state index is 11.7. The molecule has 2 nitrogen and oxygen atoms in total. The van der Waals surface area contributed by atoms with E-state index in [0.29, 0.717) is 12.0 Å². The Morgan fingerprint density at radius 3 is 1.52 bits per heavy atom. The summed E-state index contributed by atoms with van der Waals surface area (Å²) in [6, 6.07) is 0. The average molecular weight is 296 g/mol. The Bertz CT molecular complexity index is 368. The van der Waals surface area contributed by atoms with Crippen LogP contribution in [0.5, 0.6) is 0 Å². The first-order valence-electron chi connectivity index (χ1n) is 8.77. The largest absolute Gasteiger partial charge is 0.389 e. The van der Waals surface area contributed by atoms with Gasteiger partial charge in [0.2, 0.25) is 0 Å². The third kappa shape index (κ3) is 3.32. The molecule has 124 valence electrons. The van der Waals surface area contributed by atoms with Gasteiger partial charge in [-0.2, -0.15) is 0 Å². The van der Waals surface area contributed by atoms with Crippen LogP contribution in [0.25, 0.3) is 0 Å². The van der Waals surface area contributed by atoms with Gasteiger partial charge in [-0.15, -0.1) is 0 Å². The highest BCUT2D eigenvalue weighted by Crippen LogP contribution is 2.60. The highest BCUT2D eigenvalue weighted by molar-refractivity contribution is 5.09. The van der Waals surface area contributed by atoms with Crippen LogP contribution in [-0.2, 0) is 0 Å². The summed E-state index contributed by atoms with van der Waals surface area (Å²) in [5.41, 5.74) is 6.41. The Morgan fingerprint density at radius 1 is 0.714 bits per heavy atom. The topological polar surface area (TPSA) is 46.2 Å². The number of aliphatic hydroxyl groups is 1. The monoisotopic (exact) mass is 295 g/mol. The van der Waals surface area contributed by atoms with Gasteiger partial charge < -0.3 is 10.8 Å². The van der Waals surface area contributed by atoms with E-state index in [4.69, 9.17) is 5.73 Å². The van der Waals surface area contributed by atoms with Crippen LogP contribution in [0.1, 0.15) is 86.5 Å². The van der Waals surface area contributed by atoms with Crippen molar-refractivity contribution in [3.05, 3.63) is 0 Å². The van der Waals surface area contributed by atoms with Crippen molar-refractivity contribution in [3.63, 3.8) is 0 Å². The first-order chi connectivity index (χ1) is 9.35. The summed E-state index contributed by atoms with van der Waals surface area (Å²) in [5, 5.41) is 11.7. The SMILES string of the molecule is CC1(C)CCC(CN)(C2(O)CC(C)(C)CC(C)(C)C2)CC1. The van der Waals surface area contributed by atoms with E-state index in [2.05, 4.69) is 41.5 Å². The minimum absolute atomic E-state index is 0.0719. The van der Waals surface area contributed by atoms with Gasteiger partial charge in [0.25, 0.3) is 0 Å². The molecule has 0 heterocycles. The lowest BCUT2D eigenvalue weighted by Crippen LogP contribution is -2.60. The quantitative estimate of drug-likeness (QED) is 0.788. The van der Waals surface area contributed by atoms with Crippen molar-refractivity contribution in [3.8, 4) is 0 Å². The molecule has 0 aromatic carbocycles. The standard InChI is InChI=1S/C19H37NO/c1-15(2)7-9-18(14-20,10-8-15)19(21)12-16(3,4)11-17(5,6)13-19/h21H,7-14,20H2,1-6H3. The molecule has 2 saturated carbocycles. The van der Waals surface area contributed by atoms with Crippen molar-refractivity contribution in [1.29, 1.82) is 0 Å². The number of nitrogens with two attached hydrogens (primary N) is 1. The molecule has 0 atom stereocenters. The lowest BCUT2D eigenvalue weighted by molar-refractivity contribution is -0.179. The van der Waals surface area contributed by atoms with Gasteiger partial charge in [-0.1, -0.05) is 41.5 Å². The minimum Gasteiger partial charge on any atom is -0.389 e. The Hall–Kier alpha value is -0.0800. The summed E-state index contributed by atoms with van der Waals surface area (Å²) < 4.78 is 0. The molecule has 2 rings (SSSR count). The molecule has 0 aliphatic heterocycles. The normalized spacial score (nSPS) is 32.6. The van der Waals surface area contributed by atoms with Crippen LogP contribution in [0.3, 0.4) is 0 Å². The van der Waals surface area contributed by atoms with Crippen LogP contribution in [0, 0.1) is 21.7 Å². The highest BCUT2D eigenvalue weighted by Gasteiger charge is 2.57. The van der Waals surface area contributed by atoms with Crippen molar-refractivity contribution >= 4 is 0 Å². The third-order valence-corrected chi connectivity index (χ3v) is 6.44. The second kappa shape index (κ2) is 4.96. The van der Waals surface area contributed by atoms with Crippen molar-refractivity contribution < 1.29 is 5.11 Å². The van der Waals surface area contributed by atoms with E-state index in [1.807, 2.05) is 0 Å². The van der Waals surface area contributed by atoms with Crippen LogP contribution >= 0.6 is 0 Å². The maximum atomic E-state index is 11.7. The molecule has 21 heavy (non-hydrogen) atoms. The lowest BCUT2D eigenvalue weighted by atomic mass is 9.48. The van der Waals surface area contributed by atoms with E-state index in [9.17, 15) is 5.11 Å². The smallest absolute Gasteiger partial charge is 0.0725 e. The molecule has 0 aromatic heterocycles. The predicted octanol–water partition coefficient (Wildman–Crippen LogP) is 4.50. The molecule has 3 N–H and O–H groups in total. The van der Waals surface area contributed by atoms with Crippen molar-refractivity contribution in [2.24, 2.45) is 27.4 Å². The van der Waals surface area contributed by atoms with Crippen LogP contribution in [0.2, 0.25) is 0 Å². The third-order valence-electron chi connectivity index (χ3n) is 6.44. The zero-order valence-corrected chi connectivity index (χ0v) is 15.2. The van der Waals surface area contributed by atoms with Gasteiger partial charge in [0.1, 0.15) is 0 Å². The summed E-state index contributed by atoms with van der Waals surface area (Å²) in [7, 11) is 0. The molecule has 2 aliphatic rings. The molecule has 2 fully saturated rings. The van der Waals surface area contributed by atoms with Crippen LogP contribution in [0.15, 0.2) is 0 Å². The van der Waals surface area contributed by atoms with E-state index in [-0.39, 0.29) is 16.2 Å². The van der Waals surface area contributed by atoms with Gasteiger partial charge in [0.15, 0.2) is 0 Å². The van der Waals surface area contributed by atoms with Crippen molar-refractivity contribution in [2.45, 2.75) is 92.1 Å². The summed E-state index contributed by atoms with van der Waals surface area (Å²) in [4.78, 5) is 0. The van der Waals surface area contributed by atoms with Crippen LogP contribution in [-0.4, -0.2) is 17.3 Å². The lowest BCUT2D eigenvalue weighted by Gasteiger charge is -2.59. The molecule has 0 radical (unpaired) electrons. The van der Waals surface area contributed by atoms with E-state index in [0.717, 1.165) is 25.7 Å². The summed E-state index contributed by atoms with van der Waals surface area (Å²) in [5.74, 6) is 0. The summed E-state index contributed by atoms with van der Waals surface area (Å²) in [6.07, 6.45) is 7.54. The Kier molecular flexibility index (Phi) is 4.08. The second-order valence-electron chi connectivity index (χ2n) is 10.5. The van der Waals surface area contributed by atoms with Gasteiger partial charge in [0, 0.05) is 12.0 Å². The summed E-state index contributed by atoms with van der Waals surface area (Å²) >= 11 is 0.